The van der Waals surface area contributed by atoms with Gasteiger partial charge in [-0.3, -0.25) is 9.78 Å². The van der Waals surface area contributed by atoms with E-state index in [0.29, 0.717) is 6.54 Å². The van der Waals surface area contributed by atoms with E-state index in [1.54, 1.807) is 54.4 Å². The van der Waals surface area contributed by atoms with Crippen molar-refractivity contribution in [1.29, 1.82) is 0 Å². The number of carbonyl (C=O) groups is 1. The lowest BCUT2D eigenvalue weighted by molar-refractivity contribution is -0.132. The molecule has 0 saturated carbocycles. The molecule has 9 nitrogen and oxygen atoms in total. The smallest absolute Gasteiger partial charge is 0.247 e. The van der Waals surface area contributed by atoms with Gasteiger partial charge in [-0.25, -0.2) is 8.42 Å². The molecule has 1 aromatic carbocycles. The van der Waals surface area contributed by atoms with Crippen LogP contribution in [0.2, 0.25) is 0 Å². The number of sulfonamides is 1. The summed E-state index contributed by atoms with van der Waals surface area (Å²) in [6.07, 6.45) is 2.89. The minimum atomic E-state index is -3.92. The molecule has 186 valence electrons. The van der Waals surface area contributed by atoms with E-state index in [1.807, 2.05) is 33.2 Å². The van der Waals surface area contributed by atoms with Gasteiger partial charge >= 0.3 is 0 Å². The first-order chi connectivity index (χ1) is 16.0. The summed E-state index contributed by atoms with van der Waals surface area (Å²) in [4.78, 5) is 20.1. The molecule has 1 aliphatic heterocycles. The average molecular weight is 491 g/mol. The second-order valence-corrected chi connectivity index (χ2v) is 11.0. The van der Waals surface area contributed by atoms with Crippen LogP contribution in [0.3, 0.4) is 0 Å². The Morgan fingerprint density at radius 2 is 1.88 bits per heavy atom. The number of likely N-dealkylation sites (N-methyl/N-ethyl adjacent to an activating group) is 2. The van der Waals surface area contributed by atoms with Crippen LogP contribution in [0, 0.1) is 5.92 Å². The van der Waals surface area contributed by atoms with Gasteiger partial charge in [0.15, 0.2) is 0 Å². The van der Waals surface area contributed by atoms with E-state index >= 15 is 0 Å². The van der Waals surface area contributed by atoms with Gasteiger partial charge in [0.25, 0.3) is 0 Å². The van der Waals surface area contributed by atoms with Crippen molar-refractivity contribution in [2.75, 3.05) is 47.4 Å². The highest BCUT2D eigenvalue weighted by atomic mass is 32.2. The Bertz CT molecular complexity index is 1090. The lowest BCUT2D eigenvalue weighted by atomic mass is 10.0. The highest BCUT2D eigenvalue weighted by Crippen LogP contribution is 2.36. The second kappa shape index (κ2) is 10.8. The normalized spacial score (nSPS) is 21.1. The maximum Gasteiger partial charge on any atom is 0.247 e. The molecular formula is C24H34N4O5S. The summed E-state index contributed by atoms with van der Waals surface area (Å²) in [5.74, 6) is -0.0626. The third-order valence-corrected chi connectivity index (χ3v) is 8.03. The highest BCUT2D eigenvalue weighted by molar-refractivity contribution is 7.89. The number of rotatable bonds is 7. The molecule has 0 aliphatic carbocycles. The summed E-state index contributed by atoms with van der Waals surface area (Å²) < 4.78 is 34.8. The Hall–Kier alpha value is -2.53. The summed E-state index contributed by atoms with van der Waals surface area (Å²) >= 11 is 0. The van der Waals surface area contributed by atoms with Crippen LogP contribution >= 0.6 is 0 Å². The minimum absolute atomic E-state index is 0.0461. The number of aliphatic hydroxyl groups is 1. The van der Waals surface area contributed by atoms with Gasteiger partial charge in [0.1, 0.15) is 16.7 Å². The van der Waals surface area contributed by atoms with Crippen LogP contribution in [0.5, 0.6) is 5.75 Å². The van der Waals surface area contributed by atoms with Crippen LogP contribution in [-0.2, 0) is 14.8 Å². The fraction of sp³-hybridized carbons (Fsp3) is 0.500. The van der Waals surface area contributed by atoms with Crippen molar-refractivity contribution in [2.24, 2.45) is 5.92 Å². The fourth-order valence-electron chi connectivity index (χ4n) is 3.93. The van der Waals surface area contributed by atoms with Crippen LogP contribution in [-0.4, -0.2) is 98.1 Å². The quantitative estimate of drug-likeness (QED) is 0.628. The standard InChI is InChI=1S/C24H34N4O5S/c1-17-13-28(18(2)16-29)34(31,32)23-7-6-20(19-8-10-25-11-9-19)12-21(23)33-22(17)14-27(5)24(30)15-26(3)4/h6-12,17-18,22,29H,13-16H2,1-5H3/t17-,18-,22+/m1/s1. The first kappa shape index (κ1) is 26.1. The van der Waals surface area contributed by atoms with Gasteiger partial charge in [0.05, 0.1) is 19.7 Å². The van der Waals surface area contributed by atoms with Gasteiger partial charge in [-0.15, -0.1) is 0 Å². The summed E-state index contributed by atoms with van der Waals surface area (Å²) in [6, 6.07) is 8.08. The largest absolute Gasteiger partial charge is 0.487 e. The van der Waals surface area contributed by atoms with Crippen LogP contribution in [0.4, 0.5) is 0 Å². The fourth-order valence-corrected chi connectivity index (χ4v) is 5.76. The number of hydrogen-bond donors (Lipinski definition) is 1. The maximum absolute atomic E-state index is 13.6. The number of amides is 1. The number of pyridine rings is 1. The van der Waals surface area contributed by atoms with E-state index < -0.39 is 22.2 Å². The molecule has 1 aliphatic rings. The average Bonchev–Trinajstić information content (AvgIpc) is 2.80. The predicted octanol–water partition coefficient (Wildman–Crippen LogP) is 1.54. The number of fused-ring (bicyclic) bond motifs is 1. The molecule has 0 saturated heterocycles. The lowest BCUT2D eigenvalue weighted by Gasteiger charge is -2.37. The van der Waals surface area contributed by atoms with Gasteiger partial charge in [-0.1, -0.05) is 13.0 Å². The molecule has 0 radical (unpaired) electrons. The van der Waals surface area contributed by atoms with Crippen molar-refractivity contribution < 1.29 is 23.1 Å². The van der Waals surface area contributed by atoms with Crippen LogP contribution < -0.4 is 4.74 Å². The molecule has 3 atom stereocenters. The molecule has 0 unspecified atom stereocenters. The molecular weight excluding hydrogens is 456 g/mol. The Labute approximate surface area is 202 Å². The molecule has 0 bridgehead atoms. The van der Waals surface area contributed by atoms with E-state index in [9.17, 15) is 18.3 Å². The summed E-state index contributed by atoms with van der Waals surface area (Å²) in [7, 11) is 1.46. The van der Waals surface area contributed by atoms with E-state index in [1.165, 1.54) is 4.31 Å². The summed E-state index contributed by atoms with van der Waals surface area (Å²) in [5.41, 5.74) is 1.67. The van der Waals surface area contributed by atoms with E-state index in [4.69, 9.17) is 4.74 Å². The lowest BCUT2D eigenvalue weighted by Crippen LogP contribution is -2.50. The van der Waals surface area contributed by atoms with Crippen LogP contribution in [0.1, 0.15) is 13.8 Å². The number of ether oxygens (including phenoxy) is 1. The van der Waals surface area contributed by atoms with Crippen LogP contribution in [0.15, 0.2) is 47.6 Å². The molecule has 1 amide bonds. The third-order valence-electron chi connectivity index (χ3n) is 6.01. The first-order valence-electron chi connectivity index (χ1n) is 11.3. The molecule has 2 aromatic rings. The summed E-state index contributed by atoms with van der Waals surface area (Å²) in [5, 5.41) is 9.78. The Morgan fingerprint density at radius 3 is 2.50 bits per heavy atom. The van der Waals surface area contributed by atoms with E-state index in [2.05, 4.69) is 4.98 Å². The Morgan fingerprint density at radius 1 is 1.21 bits per heavy atom. The Kier molecular flexibility index (Phi) is 8.29. The summed E-state index contributed by atoms with van der Waals surface area (Å²) in [6.45, 7) is 4.01. The topological polar surface area (TPSA) is 103 Å². The van der Waals surface area contributed by atoms with Gasteiger partial charge in [-0.05, 0) is 56.4 Å². The molecule has 3 rings (SSSR count). The van der Waals surface area contributed by atoms with Crippen molar-refractivity contribution in [2.45, 2.75) is 30.9 Å². The number of aromatic nitrogens is 1. The number of carbonyl (C=O) groups excluding carboxylic acids is 1. The molecule has 0 spiro atoms. The second-order valence-electron chi connectivity index (χ2n) is 9.15. The molecule has 1 aromatic heterocycles. The molecule has 10 heteroatoms. The molecule has 34 heavy (non-hydrogen) atoms. The van der Waals surface area contributed by atoms with Crippen molar-refractivity contribution in [3.05, 3.63) is 42.7 Å². The predicted molar refractivity (Wildman–Crippen MR) is 130 cm³/mol. The van der Waals surface area contributed by atoms with E-state index in [-0.39, 0.29) is 42.2 Å². The highest BCUT2D eigenvalue weighted by Gasteiger charge is 2.38. The monoisotopic (exact) mass is 490 g/mol. The minimum Gasteiger partial charge on any atom is -0.487 e. The zero-order chi connectivity index (χ0) is 25.0. The maximum atomic E-state index is 13.6. The van der Waals surface area contributed by atoms with Gasteiger partial charge in [0, 0.05) is 37.9 Å². The third kappa shape index (κ3) is 5.75. The van der Waals surface area contributed by atoms with Crippen LogP contribution in [0.25, 0.3) is 11.1 Å². The van der Waals surface area contributed by atoms with Gasteiger partial charge < -0.3 is 19.6 Å². The van der Waals surface area contributed by atoms with Crippen molar-refractivity contribution in [3.8, 4) is 16.9 Å². The van der Waals surface area contributed by atoms with Gasteiger partial charge in [0.2, 0.25) is 15.9 Å². The molecule has 2 heterocycles. The van der Waals surface area contributed by atoms with Gasteiger partial charge in [-0.2, -0.15) is 4.31 Å². The Balaban J connectivity index is 2.06. The number of benzene rings is 1. The zero-order valence-corrected chi connectivity index (χ0v) is 21.2. The number of hydrogen-bond acceptors (Lipinski definition) is 7. The molecule has 0 fully saturated rings. The van der Waals surface area contributed by atoms with E-state index in [0.717, 1.165) is 11.1 Å². The van der Waals surface area contributed by atoms with Crippen molar-refractivity contribution >= 4 is 15.9 Å². The first-order valence-corrected chi connectivity index (χ1v) is 12.7. The van der Waals surface area contributed by atoms with Crippen molar-refractivity contribution in [1.82, 2.24) is 19.1 Å². The zero-order valence-electron chi connectivity index (χ0n) is 20.4. The molecule has 1 N–H and O–H groups in total. The van der Waals surface area contributed by atoms with Crippen molar-refractivity contribution in [3.63, 3.8) is 0 Å². The SMILES string of the molecule is C[C@@H]1CN([C@H](C)CO)S(=O)(=O)c2ccc(-c3ccncc3)cc2O[C@H]1CN(C)C(=O)CN(C)C. The number of nitrogens with zero attached hydrogens (tertiary/aromatic N) is 4. The number of aliphatic hydroxyl groups excluding tert-OH is 1.